The molecule has 0 bridgehead atoms. The summed E-state index contributed by atoms with van der Waals surface area (Å²) in [7, 11) is 1.96. The summed E-state index contributed by atoms with van der Waals surface area (Å²) in [6.45, 7) is 5.30. The van der Waals surface area contributed by atoms with Crippen molar-refractivity contribution in [3.8, 4) is 0 Å². The normalized spacial score (nSPS) is 11.2. The standard InChI is InChI=1S/C12H18BrN5/c1-4-10-12(13)11(17(3)16-10)7-18-6-9(5-14)8(2)15-18/h6H,4-5,7,14H2,1-3H3. The van der Waals surface area contributed by atoms with E-state index in [4.69, 9.17) is 5.73 Å². The first kappa shape index (κ1) is 13.3. The molecule has 2 aromatic rings. The van der Waals surface area contributed by atoms with Crippen LogP contribution in [0.1, 0.15) is 29.6 Å². The van der Waals surface area contributed by atoms with Crippen LogP contribution in [0.4, 0.5) is 0 Å². The number of nitrogens with zero attached hydrogens (tertiary/aromatic N) is 4. The monoisotopic (exact) mass is 311 g/mol. The Balaban J connectivity index is 2.30. The number of hydrogen-bond donors (Lipinski definition) is 1. The molecule has 0 aliphatic carbocycles. The van der Waals surface area contributed by atoms with Gasteiger partial charge in [-0.1, -0.05) is 6.92 Å². The van der Waals surface area contributed by atoms with Gasteiger partial charge in [-0.2, -0.15) is 10.2 Å². The van der Waals surface area contributed by atoms with Crippen LogP contribution in [0.5, 0.6) is 0 Å². The third-order valence-electron chi connectivity index (χ3n) is 3.08. The molecule has 0 aromatic carbocycles. The first-order chi connectivity index (χ1) is 8.56. The number of nitrogens with two attached hydrogens (primary N) is 1. The molecular formula is C12H18BrN5. The zero-order chi connectivity index (χ0) is 13.3. The predicted octanol–water partition coefficient (Wildman–Crippen LogP) is 1.76. The van der Waals surface area contributed by atoms with Gasteiger partial charge < -0.3 is 5.73 Å². The van der Waals surface area contributed by atoms with Crippen LogP contribution in [0.2, 0.25) is 0 Å². The second-order valence-corrected chi connectivity index (χ2v) is 5.12. The molecule has 98 valence electrons. The Hall–Kier alpha value is -1.14. The van der Waals surface area contributed by atoms with Crippen LogP contribution in [0.3, 0.4) is 0 Å². The SMILES string of the molecule is CCc1nn(C)c(Cn2cc(CN)c(C)n2)c1Br. The lowest BCUT2D eigenvalue weighted by Crippen LogP contribution is -2.06. The van der Waals surface area contributed by atoms with Gasteiger partial charge in [-0.15, -0.1) is 0 Å². The quantitative estimate of drug-likeness (QED) is 0.936. The first-order valence-corrected chi connectivity index (χ1v) is 6.79. The fourth-order valence-corrected chi connectivity index (χ4v) is 2.73. The van der Waals surface area contributed by atoms with E-state index in [2.05, 4.69) is 33.1 Å². The molecule has 0 atom stereocenters. The lowest BCUT2D eigenvalue weighted by Gasteiger charge is -2.03. The first-order valence-electron chi connectivity index (χ1n) is 6.00. The van der Waals surface area contributed by atoms with Crippen molar-refractivity contribution in [2.45, 2.75) is 33.4 Å². The van der Waals surface area contributed by atoms with Gasteiger partial charge in [-0.3, -0.25) is 9.36 Å². The average molecular weight is 312 g/mol. The van der Waals surface area contributed by atoms with Gasteiger partial charge in [-0.25, -0.2) is 0 Å². The maximum Gasteiger partial charge on any atom is 0.0839 e. The Kier molecular flexibility index (Phi) is 3.87. The second-order valence-electron chi connectivity index (χ2n) is 4.33. The molecule has 18 heavy (non-hydrogen) atoms. The van der Waals surface area contributed by atoms with Crippen molar-refractivity contribution >= 4 is 15.9 Å². The summed E-state index contributed by atoms with van der Waals surface area (Å²) in [5, 5.41) is 8.95. The molecule has 0 aliphatic rings. The van der Waals surface area contributed by atoms with E-state index in [0.717, 1.165) is 33.5 Å². The third-order valence-corrected chi connectivity index (χ3v) is 4.00. The summed E-state index contributed by atoms with van der Waals surface area (Å²) >= 11 is 3.61. The fraction of sp³-hybridized carbons (Fsp3) is 0.500. The lowest BCUT2D eigenvalue weighted by molar-refractivity contribution is 0.613. The molecule has 0 saturated heterocycles. The van der Waals surface area contributed by atoms with Crippen LogP contribution in [0.25, 0.3) is 0 Å². The van der Waals surface area contributed by atoms with Gasteiger partial charge >= 0.3 is 0 Å². The number of halogens is 1. The van der Waals surface area contributed by atoms with E-state index in [9.17, 15) is 0 Å². The molecule has 0 unspecified atom stereocenters. The number of aromatic nitrogens is 4. The zero-order valence-electron chi connectivity index (χ0n) is 10.9. The van der Waals surface area contributed by atoms with E-state index in [1.165, 1.54) is 0 Å². The molecule has 0 saturated carbocycles. The summed E-state index contributed by atoms with van der Waals surface area (Å²) in [4.78, 5) is 0. The largest absolute Gasteiger partial charge is 0.326 e. The second kappa shape index (κ2) is 5.24. The molecule has 5 nitrogen and oxygen atoms in total. The van der Waals surface area contributed by atoms with Gasteiger partial charge in [0.25, 0.3) is 0 Å². The molecule has 0 amide bonds. The summed E-state index contributed by atoms with van der Waals surface area (Å²) in [6, 6.07) is 0. The van der Waals surface area contributed by atoms with Crippen LogP contribution in [0, 0.1) is 6.92 Å². The Morgan fingerprint density at radius 3 is 2.61 bits per heavy atom. The average Bonchev–Trinajstić information content (AvgIpc) is 2.83. The minimum atomic E-state index is 0.526. The summed E-state index contributed by atoms with van der Waals surface area (Å²) in [5.41, 5.74) is 9.94. The van der Waals surface area contributed by atoms with Crippen LogP contribution in [-0.2, 0) is 26.6 Å². The van der Waals surface area contributed by atoms with Gasteiger partial charge in [0.2, 0.25) is 0 Å². The molecule has 2 rings (SSSR count). The topological polar surface area (TPSA) is 61.7 Å². The van der Waals surface area contributed by atoms with Gasteiger partial charge in [0.05, 0.1) is 28.1 Å². The van der Waals surface area contributed by atoms with Gasteiger partial charge in [-0.05, 0) is 29.3 Å². The third kappa shape index (κ3) is 2.35. The van der Waals surface area contributed by atoms with E-state index >= 15 is 0 Å². The Morgan fingerprint density at radius 1 is 1.39 bits per heavy atom. The molecular weight excluding hydrogens is 294 g/mol. The van der Waals surface area contributed by atoms with Crippen LogP contribution in [-0.4, -0.2) is 19.6 Å². The van der Waals surface area contributed by atoms with Gasteiger partial charge in [0.15, 0.2) is 0 Å². The maximum absolute atomic E-state index is 5.66. The minimum Gasteiger partial charge on any atom is -0.326 e. The Bertz CT molecular complexity index is 555. The molecule has 2 N–H and O–H groups in total. The molecule has 2 aromatic heterocycles. The molecule has 0 spiro atoms. The highest BCUT2D eigenvalue weighted by Crippen LogP contribution is 2.22. The van der Waals surface area contributed by atoms with Crippen LogP contribution in [0.15, 0.2) is 10.7 Å². The lowest BCUT2D eigenvalue weighted by atomic mass is 10.3. The van der Waals surface area contributed by atoms with Crippen molar-refractivity contribution in [3.05, 3.63) is 33.3 Å². The fourth-order valence-electron chi connectivity index (χ4n) is 1.99. The van der Waals surface area contributed by atoms with E-state index in [1.54, 1.807) is 0 Å². The molecule has 0 radical (unpaired) electrons. The van der Waals surface area contributed by atoms with E-state index in [0.29, 0.717) is 13.1 Å². The minimum absolute atomic E-state index is 0.526. The highest BCUT2D eigenvalue weighted by molar-refractivity contribution is 9.10. The van der Waals surface area contributed by atoms with E-state index in [1.807, 2.05) is 29.5 Å². The summed E-state index contributed by atoms with van der Waals surface area (Å²) in [6.07, 6.45) is 2.92. The van der Waals surface area contributed by atoms with Crippen LogP contribution >= 0.6 is 15.9 Å². The van der Waals surface area contributed by atoms with E-state index < -0.39 is 0 Å². The predicted molar refractivity (Wildman–Crippen MR) is 74.2 cm³/mol. The van der Waals surface area contributed by atoms with Crippen molar-refractivity contribution in [1.29, 1.82) is 0 Å². The maximum atomic E-state index is 5.66. The van der Waals surface area contributed by atoms with Crippen LogP contribution < -0.4 is 5.73 Å². The summed E-state index contributed by atoms with van der Waals surface area (Å²) < 4.78 is 4.90. The molecule has 0 aliphatic heterocycles. The van der Waals surface area contributed by atoms with Crippen molar-refractivity contribution in [2.75, 3.05) is 0 Å². The highest BCUT2D eigenvalue weighted by atomic mass is 79.9. The Labute approximate surface area is 115 Å². The highest BCUT2D eigenvalue weighted by Gasteiger charge is 2.13. The number of rotatable bonds is 4. The molecule has 0 fully saturated rings. The van der Waals surface area contributed by atoms with Gasteiger partial charge in [0.1, 0.15) is 0 Å². The van der Waals surface area contributed by atoms with Crippen molar-refractivity contribution < 1.29 is 0 Å². The molecule has 2 heterocycles. The smallest absolute Gasteiger partial charge is 0.0839 e. The van der Waals surface area contributed by atoms with Crippen molar-refractivity contribution in [2.24, 2.45) is 12.8 Å². The van der Waals surface area contributed by atoms with Crippen molar-refractivity contribution in [3.63, 3.8) is 0 Å². The van der Waals surface area contributed by atoms with E-state index in [-0.39, 0.29) is 0 Å². The van der Waals surface area contributed by atoms with Gasteiger partial charge in [0, 0.05) is 25.4 Å². The number of aryl methyl sites for hydroxylation is 3. The number of hydrogen-bond acceptors (Lipinski definition) is 3. The Morgan fingerprint density at radius 2 is 2.11 bits per heavy atom. The zero-order valence-corrected chi connectivity index (χ0v) is 12.5. The molecule has 6 heteroatoms. The summed E-state index contributed by atoms with van der Waals surface area (Å²) in [5.74, 6) is 0. The van der Waals surface area contributed by atoms with Crippen molar-refractivity contribution in [1.82, 2.24) is 19.6 Å².